The summed E-state index contributed by atoms with van der Waals surface area (Å²) in [6.07, 6.45) is 0. The van der Waals surface area contributed by atoms with Crippen LogP contribution < -0.4 is 15.4 Å². The number of aryl methyl sites for hydroxylation is 1. The minimum Gasteiger partial charge on any atom is -0.496 e. The van der Waals surface area contributed by atoms with Crippen molar-refractivity contribution in [3.05, 3.63) is 59.7 Å². The van der Waals surface area contributed by atoms with Crippen molar-refractivity contribution in [2.75, 3.05) is 25.6 Å². The fourth-order valence-electron chi connectivity index (χ4n) is 2.34. The summed E-state index contributed by atoms with van der Waals surface area (Å²) in [4.78, 5) is 2.17. The number of methoxy groups -OCH3 is 1. The van der Waals surface area contributed by atoms with Crippen LogP contribution in [-0.2, 0) is 0 Å². The summed E-state index contributed by atoms with van der Waals surface area (Å²) in [6.45, 7) is 2.83. The molecule has 0 radical (unpaired) electrons. The molecule has 0 aliphatic heterocycles. The Kier molecular flexibility index (Phi) is 4.64. The molecule has 1 atom stereocenters. The van der Waals surface area contributed by atoms with Crippen LogP contribution in [0, 0.1) is 6.92 Å². The Bertz CT molecular complexity index is 568. The van der Waals surface area contributed by atoms with Crippen LogP contribution >= 0.6 is 0 Å². The molecule has 0 spiro atoms. The van der Waals surface area contributed by atoms with E-state index in [-0.39, 0.29) is 6.04 Å². The van der Waals surface area contributed by atoms with Crippen LogP contribution in [0.4, 0.5) is 5.69 Å². The van der Waals surface area contributed by atoms with Gasteiger partial charge in [0.05, 0.1) is 13.2 Å². The summed E-state index contributed by atoms with van der Waals surface area (Å²) < 4.78 is 5.37. The number of para-hydroxylation sites is 1. The van der Waals surface area contributed by atoms with Gasteiger partial charge in [0, 0.05) is 24.8 Å². The number of ether oxygens (including phenoxy) is 1. The van der Waals surface area contributed by atoms with E-state index in [0.29, 0.717) is 0 Å². The Morgan fingerprint density at radius 3 is 2.60 bits per heavy atom. The molecule has 0 saturated heterocycles. The summed E-state index contributed by atoms with van der Waals surface area (Å²) in [5.74, 6) is 0.845. The number of nitrogens with two attached hydrogens (primary N) is 1. The van der Waals surface area contributed by atoms with E-state index in [2.05, 4.69) is 43.1 Å². The van der Waals surface area contributed by atoms with Gasteiger partial charge < -0.3 is 15.4 Å². The highest BCUT2D eigenvalue weighted by Crippen LogP contribution is 2.25. The largest absolute Gasteiger partial charge is 0.496 e. The minimum atomic E-state index is -0.0864. The normalized spacial score (nSPS) is 12.0. The lowest BCUT2D eigenvalue weighted by Crippen LogP contribution is -2.29. The molecule has 0 saturated carbocycles. The van der Waals surface area contributed by atoms with Crippen LogP contribution in [0.2, 0.25) is 0 Å². The van der Waals surface area contributed by atoms with Gasteiger partial charge in [0.15, 0.2) is 0 Å². The molecule has 0 bridgehead atoms. The molecule has 0 aliphatic rings. The molecule has 2 rings (SSSR count). The van der Waals surface area contributed by atoms with E-state index < -0.39 is 0 Å². The van der Waals surface area contributed by atoms with E-state index in [1.165, 1.54) is 11.3 Å². The number of rotatable bonds is 5. The van der Waals surface area contributed by atoms with Crippen molar-refractivity contribution >= 4 is 5.69 Å². The Balaban J connectivity index is 2.13. The fourth-order valence-corrected chi connectivity index (χ4v) is 2.34. The van der Waals surface area contributed by atoms with E-state index in [1.54, 1.807) is 7.11 Å². The molecule has 0 aliphatic carbocycles. The highest BCUT2D eigenvalue weighted by Gasteiger charge is 2.14. The lowest BCUT2D eigenvalue weighted by Gasteiger charge is -2.25. The highest BCUT2D eigenvalue weighted by atomic mass is 16.5. The molecule has 2 N–H and O–H groups in total. The van der Waals surface area contributed by atoms with E-state index in [1.807, 2.05) is 24.3 Å². The summed E-state index contributed by atoms with van der Waals surface area (Å²) in [7, 11) is 3.74. The zero-order chi connectivity index (χ0) is 14.5. The second-order valence-corrected chi connectivity index (χ2v) is 5.07. The van der Waals surface area contributed by atoms with Gasteiger partial charge in [0.2, 0.25) is 0 Å². The first-order valence-corrected chi connectivity index (χ1v) is 6.78. The van der Waals surface area contributed by atoms with Gasteiger partial charge in [-0.2, -0.15) is 0 Å². The zero-order valence-electron chi connectivity index (χ0n) is 12.3. The van der Waals surface area contributed by atoms with Crippen LogP contribution in [-0.4, -0.2) is 20.7 Å². The van der Waals surface area contributed by atoms with Crippen molar-refractivity contribution in [2.45, 2.75) is 13.0 Å². The quantitative estimate of drug-likeness (QED) is 0.907. The molecule has 1 unspecified atom stereocenters. The third-order valence-corrected chi connectivity index (χ3v) is 3.45. The van der Waals surface area contributed by atoms with Crippen LogP contribution in [0.3, 0.4) is 0 Å². The fraction of sp³-hybridized carbons (Fsp3) is 0.294. The average Bonchev–Trinajstić information content (AvgIpc) is 2.47. The van der Waals surface area contributed by atoms with Crippen molar-refractivity contribution in [1.29, 1.82) is 0 Å². The van der Waals surface area contributed by atoms with Gasteiger partial charge in [-0.25, -0.2) is 0 Å². The lowest BCUT2D eigenvalue weighted by molar-refractivity contribution is 0.405. The number of hydrogen-bond acceptors (Lipinski definition) is 3. The summed E-state index contributed by atoms with van der Waals surface area (Å²) in [5, 5.41) is 0. The number of hydrogen-bond donors (Lipinski definition) is 1. The summed E-state index contributed by atoms with van der Waals surface area (Å²) in [6, 6.07) is 16.3. The smallest absolute Gasteiger partial charge is 0.123 e. The molecule has 0 aromatic heterocycles. The van der Waals surface area contributed by atoms with Crippen LogP contribution in [0.5, 0.6) is 5.75 Å². The monoisotopic (exact) mass is 270 g/mol. The van der Waals surface area contributed by atoms with Crippen molar-refractivity contribution in [2.24, 2.45) is 5.73 Å². The molecule has 0 fully saturated rings. The maximum absolute atomic E-state index is 6.33. The SMILES string of the molecule is COc1ccccc1C(N)CN(C)c1cccc(C)c1. The Morgan fingerprint density at radius 2 is 1.90 bits per heavy atom. The van der Waals surface area contributed by atoms with E-state index in [9.17, 15) is 0 Å². The van der Waals surface area contributed by atoms with E-state index in [0.717, 1.165) is 17.9 Å². The first-order chi connectivity index (χ1) is 9.61. The Hall–Kier alpha value is -2.00. The van der Waals surface area contributed by atoms with Crippen molar-refractivity contribution in [3.63, 3.8) is 0 Å². The molecule has 2 aromatic carbocycles. The molecule has 3 nitrogen and oxygen atoms in total. The maximum Gasteiger partial charge on any atom is 0.123 e. The topological polar surface area (TPSA) is 38.5 Å². The summed E-state index contributed by atoms with van der Waals surface area (Å²) >= 11 is 0. The zero-order valence-corrected chi connectivity index (χ0v) is 12.3. The number of anilines is 1. The van der Waals surface area contributed by atoms with Crippen LogP contribution in [0.15, 0.2) is 48.5 Å². The van der Waals surface area contributed by atoms with Gasteiger partial charge in [-0.3, -0.25) is 0 Å². The first kappa shape index (κ1) is 14.4. The van der Waals surface area contributed by atoms with Crippen molar-refractivity contribution in [3.8, 4) is 5.75 Å². The van der Waals surface area contributed by atoms with E-state index in [4.69, 9.17) is 10.5 Å². The number of nitrogens with zero attached hydrogens (tertiary/aromatic N) is 1. The first-order valence-electron chi connectivity index (χ1n) is 6.78. The van der Waals surface area contributed by atoms with Crippen molar-refractivity contribution in [1.82, 2.24) is 0 Å². The maximum atomic E-state index is 6.33. The molecule has 3 heteroatoms. The van der Waals surface area contributed by atoms with E-state index >= 15 is 0 Å². The predicted octanol–water partition coefficient (Wildman–Crippen LogP) is 3.14. The van der Waals surface area contributed by atoms with Gasteiger partial charge in [-0.1, -0.05) is 30.3 Å². The highest BCUT2D eigenvalue weighted by molar-refractivity contribution is 5.48. The van der Waals surface area contributed by atoms with Crippen molar-refractivity contribution < 1.29 is 4.74 Å². The lowest BCUT2D eigenvalue weighted by atomic mass is 10.1. The Labute approximate surface area is 121 Å². The standard InChI is InChI=1S/C17H22N2O/c1-13-7-6-8-14(11-13)19(2)12-16(18)15-9-4-5-10-17(15)20-3/h4-11,16H,12,18H2,1-3H3. The van der Waals surface area contributed by atoms with Gasteiger partial charge in [-0.05, 0) is 30.7 Å². The van der Waals surface area contributed by atoms with Crippen LogP contribution in [0.1, 0.15) is 17.2 Å². The molecule has 106 valence electrons. The summed E-state index contributed by atoms with van der Waals surface area (Å²) in [5.41, 5.74) is 9.79. The van der Waals surface area contributed by atoms with Gasteiger partial charge in [-0.15, -0.1) is 0 Å². The minimum absolute atomic E-state index is 0.0864. The molecule has 0 amide bonds. The third kappa shape index (κ3) is 3.31. The average molecular weight is 270 g/mol. The second-order valence-electron chi connectivity index (χ2n) is 5.07. The van der Waals surface area contributed by atoms with Gasteiger partial charge in [0.1, 0.15) is 5.75 Å². The van der Waals surface area contributed by atoms with Gasteiger partial charge >= 0.3 is 0 Å². The Morgan fingerprint density at radius 1 is 1.15 bits per heavy atom. The second kappa shape index (κ2) is 6.44. The number of benzene rings is 2. The van der Waals surface area contributed by atoms with Gasteiger partial charge in [0.25, 0.3) is 0 Å². The molecule has 20 heavy (non-hydrogen) atoms. The molecule has 2 aromatic rings. The number of likely N-dealkylation sites (N-methyl/N-ethyl adjacent to an activating group) is 1. The molecule has 0 heterocycles. The third-order valence-electron chi connectivity index (χ3n) is 3.45. The predicted molar refractivity (Wildman–Crippen MR) is 84.4 cm³/mol. The molecular formula is C17H22N2O. The molecular weight excluding hydrogens is 248 g/mol. The van der Waals surface area contributed by atoms with Crippen LogP contribution in [0.25, 0.3) is 0 Å².